The third-order valence-electron chi connectivity index (χ3n) is 13.0. The van der Waals surface area contributed by atoms with Crippen molar-refractivity contribution >= 4 is 5.97 Å². The van der Waals surface area contributed by atoms with Crippen molar-refractivity contribution in [1.82, 2.24) is 0 Å². The van der Waals surface area contributed by atoms with E-state index in [1.807, 2.05) is 0 Å². The molecule has 4 unspecified atom stereocenters. The third kappa shape index (κ3) is 2.87. The molecule has 5 rings (SSSR count). The molecule has 4 saturated carbocycles. The Morgan fingerprint density at radius 3 is 2.12 bits per heavy atom. The molecule has 0 aliphatic heterocycles. The van der Waals surface area contributed by atoms with Gasteiger partial charge in [0.25, 0.3) is 0 Å². The maximum Gasteiger partial charge on any atom is 0.313 e. The Hall–Kier alpha value is -0.830. The van der Waals surface area contributed by atoms with Gasteiger partial charge in [-0.1, -0.05) is 60.1 Å². The fraction of sp³-hybridized carbons (Fsp3) is 0.900. The predicted octanol–water partition coefficient (Wildman–Crippen LogP) is 7.23. The minimum atomic E-state index is -0.624. The number of aliphatic hydroxyl groups excluding tert-OH is 1. The summed E-state index contributed by atoms with van der Waals surface area (Å²) < 4.78 is 0. The summed E-state index contributed by atoms with van der Waals surface area (Å²) in [7, 11) is 0. The van der Waals surface area contributed by atoms with E-state index in [0.717, 1.165) is 44.9 Å². The molecule has 0 bridgehead atoms. The largest absolute Gasteiger partial charge is 0.481 e. The molecule has 0 aromatic heterocycles. The Kier molecular flexibility index (Phi) is 4.99. The van der Waals surface area contributed by atoms with Crippen LogP contribution in [0.2, 0.25) is 0 Å². The van der Waals surface area contributed by atoms with Crippen LogP contribution in [-0.2, 0) is 4.79 Å². The second kappa shape index (κ2) is 6.89. The lowest BCUT2D eigenvalue weighted by Crippen LogP contribution is -2.66. The molecule has 3 heteroatoms. The molecule has 0 spiro atoms. The molecular formula is C30H48O3. The normalized spacial score (nSPS) is 52.4. The van der Waals surface area contributed by atoms with Crippen molar-refractivity contribution in [2.24, 2.45) is 50.2 Å². The van der Waals surface area contributed by atoms with E-state index in [0.29, 0.717) is 17.8 Å². The van der Waals surface area contributed by atoms with Crippen LogP contribution in [-0.4, -0.2) is 22.3 Å². The molecule has 3 nitrogen and oxygen atoms in total. The Morgan fingerprint density at radius 2 is 1.45 bits per heavy atom. The number of carboxylic acid groups (broad SMARTS) is 1. The fourth-order valence-electron chi connectivity index (χ4n) is 10.7. The van der Waals surface area contributed by atoms with Crippen LogP contribution in [0.3, 0.4) is 0 Å². The highest BCUT2D eigenvalue weighted by Crippen LogP contribution is 2.76. The molecule has 0 aromatic carbocycles. The molecule has 0 saturated heterocycles. The van der Waals surface area contributed by atoms with Gasteiger partial charge < -0.3 is 10.2 Å². The zero-order valence-corrected chi connectivity index (χ0v) is 22.3. The first-order valence-corrected chi connectivity index (χ1v) is 13.8. The molecule has 33 heavy (non-hydrogen) atoms. The molecule has 2 N–H and O–H groups in total. The first-order valence-electron chi connectivity index (χ1n) is 13.8. The van der Waals surface area contributed by atoms with Gasteiger partial charge in [-0.2, -0.15) is 0 Å². The second-order valence-electron chi connectivity index (χ2n) is 15.0. The summed E-state index contributed by atoms with van der Waals surface area (Å²) in [4.78, 5) is 12.7. The maximum atomic E-state index is 12.7. The number of carbonyl (C=O) groups is 1. The van der Waals surface area contributed by atoms with Crippen molar-refractivity contribution in [3.8, 4) is 0 Å². The van der Waals surface area contributed by atoms with Crippen LogP contribution in [0.1, 0.15) is 113 Å². The Labute approximate surface area is 201 Å². The van der Waals surface area contributed by atoms with Crippen molar-refractivity contribution in [3.05, 3.63) is 11.6 Å². The molecule has 5 aliphatic carbocycles. The monoisotopic (exact) mass is 456 g/mol. The highest BCUT2D eigenvalue weighted by molar-refractivity contribution is 5.80. The Balaban J connectivity index is 1.58. The second-order valence-corrected chi connectivity index (χ2v) is 15.0. The number of hydrogen-bond donors (Lipinski definition) is 2. The summed E-state index contributed by atoms with van der Waals surface area (Å²) in [5.41, 5.74) is 1.40. The summed E-state index contributed by atoms with van der Waals surface area (Å²) >= 11 is 0. The Morgan fingerprint density at radius 1 is 0.788 bits per heavy atom. The molecule has 5 aliphatic rings. The van der Waals surface area contributed by atoms with E-state index in [1.54, 1.807) is 0 Å². The van der Waals surface area contributed by atoms with Gasteiger partial charge in [-0.25, -0.2) is 0 Å². The highest BCUT2D eigenvalue weighted by Gasteiger charge is 2.69. The lowest BCUT2D eigenvalue weighted by Gasteiger charge is -2.72. The van der Waals surface area contributed by atoms with E-state index in [9.17, 15) is 15.0 Å². The van der Waals surface area contributed by atoms with Crippen molar-refractivity contribution in [1.29, 1.82) is 0 Å². The number of hydrogen-bond acceptors (Lipinski definition) is 2. The van der Waals surface area contributed by atoms with Crippen molar-refractivity contribution in [3.63, 3.8) is 0 Å². The number of fused-ring (bicyclic) bond motifs is 7. The first-order chi connectivity index (χ1) is 15.1. The SMILES string of the molecule is CC1(C)C=C2C3CCC4[C@@]5(C)CCC(O)C(C)(C)C5CC[C@@]4(C)[C@]3(C)CC[C@@]2(C(=O)O)CC1. The van der Waals surface area contributed by atoms with Crippen LogP contribution >= 0.6 is 0 Å². The summed E-state index contributed by atoms with van der Waals surface area (Å²) in [5.74, 6) is 1.05. The maximum absolute atomic E-state index is 12.7. The predicted molar refractivity (Wildman–Crippen MR) is 133 cm³/mol. The van der Waals surface area contributed by atoms with Crippen molar-refractivity contribution < 1.29 is 15.0 Å². The van der Waals surface area contributed by atoms with E-state index in [4.69, 9.17) is 0 Å². The average molecular weight is 457 g/mol. The lowest BCUT2D eigenvalue weighted by molar-refractivity contribution is -0.229. The van der Waals surface area contributed by atoms with Crippen molar-refractivity contribution in [2.75, 3.05) is 0 Å². The minimum Gasteiger partial charge on any atom is -0.481 e. The van der Waals surface area contributed by atoms with Crippen LogP contribution in [0.4, 0.5) is 0 Å². The Bertz CT molecular complexity index is 885. The quantitative estimate of drug-likeness (QED) is 0.409. The molecule has 0 aromatic rings. The van der Waals surface area contributed by atoms with Gasteiger partial charge >= 0.3 is 5.97 Å². The molecule has 0 heterocycles. The van der Waals surface area contributed by atoms with Gasteiger partial charge in [0.2, 0.25) is 0 Å². The summed E-state index contributed by atoms with van der Waals surface area (Å²) in [6.45, 7) is 16.9. The van der Waals surface area contributed by atoms with Gasteiger partial charge in [0, 0.05) is 0 Å². The van der Waals surface area contributed by atoms with Crippen LogP contribution in [0, 0.1) is 50.2 Å². The van der Waals surface area contributed by atoms with Gasteiger partial charge in [-0.15, -0.1) is 0 Å². The molecule has 8 atom stereocenters. The zero-order chi connectivity index (χ0) is 24.2. The molecule has 0 radical (unpaired) electrons. The van der Waals surface area contributed by atoms with Crippen LogP contribution < -0.4 is 0 Å². The van der Waals surface area contributed by atoms with E-state index >= 15 is 0 Å². The lowest BCUT2D eigenvalue weighted by atomic mass is 9.32. The first kappa shape index (κ1) is 23.9. The molecule has 0 amide bonds. The van der Waals surface area contributed by atoms with Crippen LogP contribution in [0.15, 0.2) is 11.6 Å². The number of aliphatic hydroxyl groups is 1. The van der Waals surface area contributed by atoms with E-state index in [-0.39, 0.29) is 33.2 Å². The zero-order valence-electron chi connectivity index (χ0n) is 22.3. The van der Waals surface area contributed by atoms with Gasteiger partial charge in [0.05, 0.1) is 11.5 Å². The van der Waals surface area contributed by atoms with Crippen LogP contribution in [0.25, 0.3) is 0 Å². The van der Waals surface area contributed by atoms with Crippen molar-refractivity contribution in [2.45, 2.75) is 119 Å². The van der Waals surface area contributed by atoms with E-state index in [1.165, 1.54) is 24.8 Å². The third-order valence-corrected chi connectivity index (χ3v) is 13.0. The smallest absolute Gasteiger partial charge is 0.313 e. The summed E-state index contributed by atoms with van der Waals surface area (Å²) in [6, 6.07) is 0. The highest BCUT2D eigenvalue weighted by atomic mass is 16.4. The van der Waals surface area contributed by atoms with Gasteiger partial charge in [-0.3, -0.25) is 4.79 Å². The standard InChI is InChI=1S/C30H48O3/c1-25(2)14-16-30(24(32)33)17-15-28(6)19(20(30)18-25)8-9-22-27(5)12-11-23(31)26(3,4)21(27)10-13-29(22,28)7/h18-19,21-23,31H,8-17H2,1-7H3,(H,32,33)/t19?,21?,22?,23?,27-,28+,29+,30-/m0/s1. The fourth-order valence-corrected chi connectivity index (χ4v) is 10.7. The van der Waals surface area contributed by atoms with Gasteiger partial charge in [0.1, 0.15) is 0 Å². The number of rotatable bonds is 1. The summed E-state index contributed by atoms with van der Waals surface area (Å²) in [6.07, 6.45) is 12.7. The number of aliphatic carboxylic acids is 1. The molecular weight excluding hydrogens is 408 g/mol. The molecule has 4 fully saturated rings. The number of allylic oxidation sites excluding steroid dienone is 1. The minimum absolute atomic E-state index is 0.0208. The van der Waals surface area contributed by atoms with E-state index < -0.39 is 11.4 Å². The van der Waals surface area contributed by atoms with Gasteiger partial charge in [-0.05, 0) is 109 Å². The topological polar surface area (TPSA) is 57.5 Å². The molecule has 186 valence electrons. The van der Waals surface area contributed by atoms with Gasteiger partial charge in [0.15, 0.2) is 0 Å². The summed E-state index contributed by atoms with van der Waals surface area (Å²) in [5, 5.41) is 21.4. The van der Waals surface area contributed by atoms with E-state index in [2.05, 4.69) is 54.5 Å². The number of carboxylic acids is 1. The van der Waals surface area contributed by atoms with Crippen LogP contribution in [0.5, 0.6) is 0 Å². The average Bonchev–Trinajstić information content (AvgIpc) is 2.71.